The summed E-state index contributed by atoms with van der Waals surface area (Å²) in [7, 11) is 0. The molecule has 0 heterocycles. The highest BCUT2D eigenvalue weighted by Gasteiger charge is 2.01. The van der Waals surface area contributed by atoms with Crippen LogP contribution in [0.25, 0.3) is 0 Å². The number of para-hydroxylation sites is 1. The van der Waals surface area contributed by atoms with Gasteiger partial charge in [0.1, 0.15) is 11.6 Å². The first-order valence-electron chi connectivity index (χ1n) is 6.02. The minimum absolute atomic E-state index is 0.303. The summed E-state index contributed by atoms with van der Waals surface area (Å²) >= 11 is 1.53. The van der Waals surface area contributed by atoms with Gasteiger partial charge < -0.3 is 10.5 Å². The molecule has 4 heteroatoms. The quantitative estimate of drug-likeness (QED) is 0.511. The summed E-state index contributed by atoms with van der Waals surface area (Å²) in [5, 5.41) is 0. The highest BCUT2D eigenvalue weighted by atomic mass is 32.2. The summed E-state index contributed by atoms with van der Waals surface area (Å²) in [5.74, 6) is 1.33. The Kier molecular flexibility index (Phi) is 4.68. The monoisotopic (exact) mass is 277 g/mol. The number of benzene rings is 2. The second kappa shape index (κ2) is 6.48. The van der Waals surface area contributed by atoms with E-state index in [4.69, 9.17) is 10.5 Å². The number of aryl methyl sites for hydroxylation is 1. The maximum atomic E-state index is 13.1. The molecule has 0 aliphatic rings. The molecule has 0 spiro atoms. The Hall–Kier alpha value is -1.68. The maximum Gasteiger partial charge on any atom is 0.126 e. The number of rotatable bonds is 5. The standard InChI is InChI=1S/C15H16FNOS/c1-11-4-2-3-5-15(11)18-6-7-19-14-9-12(16)8-13(17)10-14/h2-5,8-10H,6-7,17H2,1H3. The Morgan fingerprint density at radius 1 is 1.21 bits per heavy atom. The fourth-order valence-electron chi connectivity index (χ4n) is 1.70. The van der Waals surface area contributed by atoms with E-state index in [0.717, 1.165) is 22.0 Å². The van der Waals surface area contributed by atoms with Gasteiger partial charge in [-0.2, -0.15) is 0 Å². The predicted octanol–water partition coefficient (Wildman–Crippen LogP) is 3.89. The Bertz CT molecular complexity index is 539. The van der Waals surface area contributed by atoms with Crippen LogP contribution in [0, 0.1) is 12.7 Å². The van der Waals surface area contributed by atoms with Crippen LogP contribution in [0.15, 0.2) is 47.4 Å². The third-order valence-corrected chi connectivity index (χ3v) is 3.54. The number of thioether (sulfide) groups is 1. The minimum Gasteiger partial charge on any atom is -0.492 e. The average Bonchev–Trinajstić information content (AvgIpc) is 2.35. The first-order chi connectivity index (χ1) is 9.15. The summed E-state index contributed by atoms with van der Waals surface area (Å²) in [6.07, 6.45) is 0. The van der Waals surface area contributed by atoms with E-state index in [-0.39, 0.29) is 5.82 Å². The number of hydrogen-bond donors (Lipinski definition) is 1. The fourth-order valence-corrected chi connectivity index (χ4v) is 2.51. The van der Waals surface area contributed by atoms with E-state index >= 15 is 0 Å². The van der Waals surface area contributed by atoms with Gasteiger partial charge in [0, 0.05) is 16.3 Å². The van der Waals surface area contributed by atoms with Gasteiger partial charge in [-0.25, -0.2) is 4.39 Å². The Morgan fingerprint density at radius 3 is 2.74 bits per heavy atom. The molecule has 100 valence electrons. The maximum absolute atomic E-state index is 13.1. The van der Waals surface area contributed by atoms with Gasteiger partial charge in [-0.15, -0.1) is 11.8 Å². The molecule has 0 saturated heterocycles. The zero-order valence-electron chi connectivity index (χ0n) is 10.7. The van der Waals surface area contributed by atoms with Gasteiger partial charge in [0.2, 0.25) is 0 Å². The second-order valence-electron chi connectivity index (χ2n) is 4.18. The van der Waals surface area contributed by atoms with Crippen molar-refractivity contribution in [1.29, 1.82) is 0 Å². The smallest absolute Gasteiger partial charge is 0.126 e. The van der Waals surface area contributed by atoms with E-state index in [1.807, 2.05) is 31.2 Å². The largest absolute Gasteiger partial charge is 0.492 e. The van der Waals surface area contributed by atoms with Crippen molar-refractivity contribution in [2.45, 2.75) is 11.8 Å². The molecule has 0 fully saturated rings. The molecule has 2 aromatic rings. The molecule has 2 aromatic carbocycles. The van der Waals surface area contributed by atoms with Crippen molar-refractivity contribution < 1.29 is 9.13 Å². The van der Waals surface area contributed by atoms with E-state index in [9.17, 15) is 4.39 Å². The normalized spacial score (nSPS) is 10.4. The molecule has 0 bridgehead atoms. The highest BCUT2D eigenvalue weighted by Crippen LogP contribution is 2.22. The van der Waals surface area contributed by atoms with Gasteiger partial charge in [0.15, 0.2) is 0 Å². The van der Waals surface area contributed by atoms with Crippen LogP contribution in [-0.4, -0.2) is 12.4 Å². The van der Waals surface area contributed by atoms with Crippen LogP contribution in [0.5, 0.6) is 5.75 Å². The zero-order valence-corrected chi connectivity index (χ0v) is 11.5. The van der Waals surface area contributed by atoms with Gasteiger partial charge in [-0.05, 0) is 36.8 Å². The molecule has 2 rings (SSSR count). The van der Waals surface area contributed by atoms with Crippen LogP contribution in [-0.2, 0) is 0 Å². The fraction of sp³-hybridized carbons (Fsp3) is 0.200. The summed E-state index contributed by atoms with van der Waals surface area (Å²) in [6, 6.07) is 12.4. The van der Waals surface area contributed by atoms with Crippen LogP contribution in [0.4, 0.5) is 10.1 Å². The third kappa shape index (κ3) is 4.17. The molecule has 0 amide bonds. The molecule has 0 unspecified atom stereocenters. The molecule has 2 nitrogen and oxygen atoms in total. The molecule has 0 atom stereocenters. The van der Waals surface area contributed by atoms with Crippen LogP contribution >= 0.6 is 11.8 Å². The summed E-state index contributed by atoms with van der Waals surface area (Å²) in [4.78, 5) is 0.825. The van der Waals surface area contributed by atoms with Crippen molar-refractivity contribution in [2.24, 2.45) is 0 Å². The lowest BCUT2D eigenvalue weighted by molar-refractivity contribution is 0.341. The average molecular weight is 277 g/mol. The second-order valence-corrected chi connectivity index (χ2v) is 5.35. The Labute approximate surface area is 116 Å². The third-order valence-electron chi connectivity index (χ3n) is 2.60. The van der Waals surface area contributed by atoms with E-state index in [1.165, 1.54) is 23.9 Å². The van der Waals surface area contributed by atoms with E-state index in [1.54, 1.807) is 6.07 Å². The Balaban J connectivity index is 1.82. The van der Waals surface area contributed by atoms with Crippen molar-refractivity contribution in [3.8, 4) is 5.75 Å². The summed E-state index contributed by atoms with van der Waals surface area (Å²) in [5.41, 5.74) is 7.15. The number of nitrogens with two attached hydrogens (primary N) is 1. The van der Waals surface area contributed by atoms with Crippen molar-refractivity contribution in [3.05, 3.63) is 53.8 Å². The van der Waals surface area contributed by atoms with Crippen molar-refractivity contribution in [3.63, 3.8) is 0 Å². The van der Waals surface area contributed by atoms with Gasteiger partial charge in [0.05, 0.1) is 6.61 Å². The van der Waals surface area contributed by atoms with Gasteiger partial charge in [-0.1, -0.05) is 18.2 Å². The number of anilines is 1. The van der Waals surface area contributed by atoms with E-state index in [2.05, 4.69) is 0 Å². The van der Waals surface area contributed by atoms with Crippen molar-refractivity contribution in [1.82, 2.24) is 0 Å². The number of ether oxygens (including phenoxy) is 1. The molecule has 0 radical (unpaired) electrons. The lowest BCUT2D eigenvalue weighted by Crippen LogP contribution is -2.01. The summed E-state index contributed by atoms with van der Waals surface area (Å²) in [6.45, 7) is 2.59. The number of nitrogen functional groups attached to an aromatic ring is 1. The molecule has 0 aromatic heterocycles. The minimum atomic E-state index is -0.303. The Morgan fingerprint density at radius 2 is 2.00 bits per heavy atom. The molecule has 2 N–H and O–H groups in total. The molecular weight excluding hydrogens is 261 g/mol. The van der Waals surface area contributed by atoms with E-state index in [0.29, 0.717) is 12.3 Å². The van der Waals surface area contributed by atoms with E-state index < -0.39 is 0 Å². The molecule has 0 aliphatic heterocycles. The first kappa shape index (κ1) is 13.7. The first-order valence-corrected chi connectivity index (χ1v) is 7.01. The topological polar surface area (TPSA) is 35.2 Å². The van der Waals surface area contributed by atoms with Crippen LogP contribution < -0.4 is 10.5 Å². The van der Waals surface area contributed by atoms with Crippen molar-refractivity contribution in [2.75, 3.05) is 18.1 Å². The molecule has 19 heavy (non-hydrogen) atoms. The summed E-state index contributed by atoms with van der Waals surface area (Å²) < 4.78 is 18.8. The van der Waals surface area contributed by atoms with Gasteiger partial charge >= 0.3 is 0 Å². The number of halogens is 1. The van der Waals surface area contributed by atoms with Crippen LogP contribution in [0.1, 0.15) is 5.56 Å². The van der Waals surface area contributed by atoms with Crippen LogP contribution in [0.3, 0.4) is 0 Å². The SMILES string of the molecule is Cc1ccccc1OCCSc1cc(N)cc(F)c1. The number of hydrogen-bond acceptors (Lipinski definition) is 3. The highest BCUT2D eigenvalue weighted by molar-refractivity contribution is 7.99. The lowest BCUT2D eigenvalue weighted by Gasteiger charge is -2.08. The molecule has 0 saturated carbocycles. The molecular formula is C15H16FNOS. The zero-order chi connectivity index (χ0) is 13.7. The van der Waals surface area contributed by atoms with Crippen LogP contribution in [0.2, 0.25) is 0 Å². The van der Waals surface area contributed by atoms with Gasteiger partial charge in [-0.3, -0.25) is 0 Å². The predicted molar refractivity (Wildman–Crippen MR) is 78.2 cm³/mol. The van der Waals surface area contributed by atoms with Gasteiger partial charge in [0.25, 0.3) is 0 Å². The van der Waals surface area contributed by atoms with Crippen molar-refractivity contribution >= 4 is 17.4 Å². The lowest BCUT2D eigenvalue weighted by atomic mass is 10.2. The molecule has 0 aliphatic carbocycles.